The van der Waals surface area contributed by atoms with Crippen molar-refractivity contribution in [3.05, 3.63) is 82.7 Å². The fourth-order valence-electron chi connectivity index (χ4n) is 2.89. The summed E-state index contributed by atoms with van der Waals surface area (Å²) in [5, 5.41) is 6.75. The molecule has 0 aliphatic rings. The Labute approximate surface area is 157 Å². The minimum atomic E-state index is -0.164. The van der Waals surface area contributed by atoms with Gasteiger partial charge in [0.25, 0.3) is 5.56 Å². The molecular weight excluding hydrogens is 362 g/mol. The Kier molecular flexibility index (Phi) is 3.68. The number of fused-ring (bicyclic) bond motifs is 1. The molecular formula is C19H13N5O2S. The zero-order valence-corrected chi connectivity index (χ0v) is 14.8. The van der Waals surface area contributed by atoms with Crippen molar-refractivity contribution in [3.8, 4) is 16.5 Å². The number of hydrogen-bond acceptors (Lipinski definition) is 6. The maximum Gasteiger partial charge on any atom is 0.264 e. The summed E-state index contributed by atoms with van der Waals surface area (Å²) in [5.41, 5.74) is 1.89. The molecule has 0 radical (unpaired) electrons. The van der Waals surface area contributed by atoms with Crippen molar-refractivity contribution in [3.63, 3.8) is 0 Å². The Hall–Kier alpha value is -3.52. The summed E-state index contributed by atoms with van der Waals surface area (Å²) in [6, 6.07) is 13.5. The summed E-state index contributed by atoms with van der Waals surface area (Å²) < 4.78 is 8.69. The van der Waals surface area contributed by atoms with Gasteiger partial charge in [0.1, 0.15) is 18.0 Å². The van der Waals surface area contributed by atoms with E-state index in [4.69, 9.17) is 4.42 Å². The first-order valence-electron chi connectivity index (χ1n) is 8.26. The molecule has 7 nitrogen and oxygen atoms in total. The molecule has 0 saturated heterocycles. The lowest BCUT2D eigenvalue weighted by molar-refractivity contribution is 0.572. The third-order valence-corrected chi connectivity index (χ3v) is 5.03. The molecule has 0 atom stereocenters. The molecule has 1 aromatic carbocycles. The largest absolute Gasteiger partial charge is 0.443 e. The molecule has 132 valence electrons. The maximum atomic E-state index is 12.8. The lowest BCUT2D eigenvalue weighted by Gasteiger charge is -2.04. The van der Waals surface area contributed by atoms with Gasteiger partial charge in [0, 0.05) is 0 Å². The quantitative estimate of drug-likeness (QED) is 0.481. The molecule has 0 N–H and O–H groups in total. The van der Waals surface area contributed by atoms with Crippen LogP contribution in [0.5, 0.6) is 0 Å². The number of para-hydroxylation sites is 1. The van der Waals surface area contributed by atoms with Crippen LogP contribution in [0.3, 0.4) is 0 Å². The number of hydrogen-bond donors (Lipinski definition) is 0. The van der Waals surface area contributed by atoms with Crippen LogP contribution in [0.1, 0.15) is 5.69 Å². The molecule has 0 saturated carbocycles. The molecule has 0 fully saturated rings. The first kappa shape index (κ1) is 15.7. The van der Waals surface area contributed by atoms with E-state index in [2.05, 4.69) is 15.1 Å². The van der Waals surface area contributed by atoms with Crippen LogP contribution in [-0.4, -0.2) is 24.3 Å². The van der Waals surface area contributed by atoms with Gasteiger partial charge in [0.15, 0.2) is 5.65 Å². The number of nitrogens with zero attached hydrogens (tertiary/aromatic N) is 5. The van der Waals surface area contributed by atoms with Crippen LogP contribution in [0.25, 0.3) is 27.5 Å². The van der Waals surface area contributed by atoms with Gasteiger partial charge < -0.3 is 4.42 Å². The topological polar surface area (TPSA) is 78.7 Å². The fourth-order valence-corrected chi connectivity index (χ4v) is 3.54. The van der Waals surface area contributed by atoms with E-state index in [9.17, 15) is 4.79 Å². The molecule has 4 heterocycles. The Morgan fingerprint density at radius 1 is 1.11 bits per heavy atom. The summed E-state index contributed by atoms with van der Waals surface area (Å²) in [6.45, 7) is 0.285. The van der Waals surface area contributed by atoms with Crippen LogP contribution in [0.4, 0.5) is 0 Å². The first-order chi connectivity index (χ1) is 13.3. The van der Waals surface area contributed by atoms with Gasteiger partial charge in [-0.1, -0.05) is 24.3 Å². The first-order valence-corrected chi connectivity index (χ1v) is 9.14. The molecule has 0 unspecified atom stereocenters. The highest BCUT2D eigenvalue weighted by Gasteiger charge is 2.13. The van der Waals surface area contributed by atoms with Crippen LogP contribution >= 0.6 is 11.3 Å². The van der Waals surface area contributed by atoms with E-state index < -0.39 is 0 Å². The minimum absolute atomic E-state index is 0.164. The second kappa shape index (κ2) is 6.33. The van der Waals surface area contributed by atoms with Gasteiger partial charge in [0.2, 0.25) is 5.89 Å². The van der Waals surface area contributed by atoms with Gasteiger partial charge in [-0.25, -0.2) is 14.6 Å². The number of rotatable bonds is 4. The smallest absolute Gasteiger partial charge is 0.264 e. The highest BCUT2D eigenvalue weighted by Crippen LogP contribution is 2.23. The van der Waals surface area contributed by atoms with E-state index >= 15 is 0 Å². The van der Waals surface area contributed by atoms with Gasteiger partial charge in [-0.05, 0) is 23.6 Å². The van der Waals surface area contributed by atoms with Gasteiger partial charge in [-0.2, -0.15) is 5.10 Å². The summed E-state index contributed by atoms with van der Waals surface area (Å²) in [7, 11) is 0. The third kappa shape index (κ3) is 2.76. The molecule has 0 amide bonds. The van der Waals surface area contributed by atoms with Crippen LogP contribution < -0.4 is 5.56 Å². The van der Waals surface area contributed by atoms with E-state index in [0.717, 1.165) is 10.6 Å². The molecule has 0 spiro atoms. The van der Waals surface area contributed by atoms with Crippen LogP contribution in [0.2, 0.25) is 0 Å². The molecule has 5 rings (SSSR count). The standard InChI is InChI=1S/C19H13N5O2S/c25-19-15-9-21-24(14-5-2-1-3-6-14)17(15)20-12-23(19)10-13-11-26-18(22-13)16-7-4-8-27-16/h1-9,11-12H,10H2. The molecule has 0 aliphatic heterocycles. The summed E-state index contributed by atoms with van der Waals surface area (Å²) in [5.74, 6) is 0.555. The zero-order chi connectivity index (χ0) is 18.2. The lowest BCUT2D eigenvalue weighted by atomic mass is 10.3. The van der Waals surface area contributed by atoms with Gasteiger partial charge >= 0.3 is 0 Å². The van der Waals surface area contributed by atoms with Crippen LogP contribution in [0.15, 0.2) is 75.8 Å². The summed E-state index contributed by atoms with van der Waals surface area (Å²) in [4.78, 5) is 22.7. The average Bonchev–Trinajstić information content (AvgIpc) is 3.45. The van der Waals surface area contributed by atoms with Gasteiger partial charge in [-0.15, -0.1) is 11.3 Å². The molecule has 0 bridgehead atoms. The van der Waals surface area contributed by atoms with Gasteiger partial charge in [0.05, 0.1) is 29.0 Å². The Morgan fingerprint density at radius 2 is 2.00 bits per heavy atom. The van der Waals surface area contributed by atoms with Crippen molar-refractivity contribution >= 4 is 22.4 Å². The molecule has 4 aromatic heterocycles. The predicted octanol–water partition coefficient (Wildman–Crippen LogP) is 3.35. The summed E-state index contributed by atoms with van der Waals surface area (Å²) >= 11 is 1.55. The van der Waals surface area contributed by atoms with E-state index in [0.29, 0.717) is 22.6 Å². The SMILES string of the molecule is O=c1c2cnn(-c3ccccc3)c2ncn1Cc1coc(-c2cccs2)n1. The lowest BCUT2D eigenvalue weighted by Crippen LogP contribution is -2.21. The van der Waals surface area contributed by atoms with E-state index in [1.807, 2.05) is 47.8 Å². The average molecular weight is 375 g/mol. The summed E-state index contributed by atoms with van der Waals surface area (Å²) in [6.07, 6.45) is 4.64. The van der Waals surface area contributed by atoms with E-state index in [1.165, 1.54) is 10.9 Å². The number of benzene rings is 1. The maximum absolute atomic E-state index is 12.8. The Balaban J connectivity index is 1.50. The van der Waals surface area contributed by atoms with E-state index in [1.54, 1.807) is 28.5 Å². The fraction of sp³-hybridized carbons (Fsp3) is 0.0526. The molecule has 8 heteroatoms. The number of oxazole rings is 1. The van der Waals surface area contributed by atoms with Crippen molar-refractivity contribution in [2.24, 2.45) is 0 Å². The van der Waals surface area contributed by atoms with Crippen LogP contribution in [0, 0.1) is 0 Å². The Bertz CT molecular complexity index is 1270. The normalized spacial score (nSPS) is 11.3. The van der Waals surface area contributed by atoms with Crippen molar-refractivity contribution in [2.45, 2.75) is 6.54 Å². The Morgan fingerprint density at radius 3 is 2.81 bits per heavy atom. The molecule has 27 heavy (non-hydrogen) atoms. The second-order valence-corrected chi connectivity index (χ2v) is 6.88. The zero-order valence-electron chi connectivity index (χ0n) is 14.0. The predicted molar refractivity (Wildman–Crippen MR) is 102 cm³/mol. The van der Waals surface area contributed by atoms with Gasteiger partial charge in [-0.3, -0.25) is 9.36 Å². The highest BCUT2D eigenvalue weighted by atomic mass is 32.1. The monoisotopic (exact) mass is 375 g/mol. The number of aromatic nitrogens is 5. The third-order valence-electron chi connectivity index (χ3n) is 4.17. The van der Waals surface area contributed by atoms with Crippen molar-refractivity contribution in [1.82, 2.24) is 24.3 Å². The van der Waals surface area contributed by atoms with E-state index in [-0.39, 0.29) is 12.1 Å². The molecule has 5 aromatic rings. The van der Waals surface area contributed by atoms with Crippen molar-refractivity contribution in [2.75, 3.05) is 0 Å². The van der Waals surface area contributed by atoms with Crippen LogP contribution in [-0.2, 0) is 6.54 Å². The van der Waals surface area contributed by atoms with Crippen molar-refractivity contribution in [1.29, 1.82) is 0 Å². The molecule has 0 aliphatic carbocycles. The minimum Gasteiger partial charge on any atom is -0.443 e. The number of thiophene rings is 1. The highest BCUT2D eigenvalue weighted by molar-refractivity contribution is 7.13. The van der Waals surface area contributed by atoms with Crippen molar-refractivity contribution < 1.29 is 4.42 Å². The second-order valence-electron chi connectivity index (χ2n) is 5.93.